The van der Waals surface area contributed by atoms with Gasteiger partial charge in [-0.15, -0.1) is 12.4 Å². The van der Waals surface area contributed by atoms with Crippen LogP contribution in [0.25, 0.3) is 0 Å². The zero-order valence-electron chi connectivity index (χ0n) is 6.49. The molecule has 0 aromatic rings. The number of carbonyl (C=O) groups is 1. The maximum atomic E-state index is 10.8. The van der Waals surface area contributed by atoms with E-state index in [1.807, 2.05) is 0 Å². The number of aliphatic hydroxyl groups is 1. The lowest BCUT2D eigenvalue weighted by Crippen LogP contribution is -2.44. The van der Waals surface area contributed by atoms with Crippen LogP contribution >= 0.6 is 12.4 Å². The standard InChI is InChI=1S/C7H11NO3.ClH/c9-5-3-7(6(10)11)2-1-4(5)8-7;/h4-5,8-9H,1-3H2,(H,10,11);1H/t4-,5-,7+;/m1./s1. The zero-order valence-corrected chi connectivity index (χ0v) is 7.30. The SMILES string of the molecule is Cl.O=C(O)[C@@]12CC[C@@H](N1)[C@H](O)C2. The number of halogens is 1. The molecule has 3 N–H and O–H groups in total. The van der Waals surface area contributed by atoms with Crippen LogP contribution in [-0.2, 0) is 4.79 Å². The molecule has 0 aliphatic carbocycles. The quantitative estimate of drug-likeness (QED) is 0.537. The number of hydrogen-bond donors (Lipinski definition) is 3. The Morgan fingerprint density at radius 2 is 2.25 bits per heavy atom. The van der Waals surface area contributed by atoms with Gasteiger partial charge in [-0.25, -0.2) is 0 Å². The summed E-state index contributed by atoms with van der Waals surface area (Å²) in [7, 11) is 0. The molecule has 0 unspecified atom stereocenters. The van der Waals surface area contributed by atoms with Crippen LogP contribution in [0.3, 0.4) is 0 Å². The molecule has 5 heteroatoms. The van der Waals surface area contributed by atoms with Gasteiger partial charge in [-0.2, -0.15) is 0 Å². The number of fused-ring (bicyclic) bond motifs is 2. The molecule has 0 aromatic heterocycles. The highest BCUT2D eigenvalue weighted by atomic mass is 35.5. The van der Waals surface area contributed by atoms with Crippen molar-refractivity contribution in [2.24, 2.45) is 0 Å². The third-order valence-electron chi connectivity index (χ3n) is 2.78. The van der Waals surface area contributed by atoms with Gasteiger partial charge in [-0.05, 0) is 12.8 Å². The molecule has 0 amide bonds. The second kappa shape index (κ2) is 2.87. The topological polar surface area (TPSA) is 69.6 Å². The molecule has 2 aliphatic rings. The van der Waals surface area contributed by atoms with E-state index in [9.17, 15) is 9.90 Å². The maximum Gasteiger partial charge on any atom is 0.324 e. The summed E-state index contributed by atoms with van der Waals surface area (Å²) in [6.45, 7) is 0. The highest BCUT2D eigenvalue weighted by Crippen LogP contribution is 2.37. The molecule has 4 nitrogen and oxygen atoms in total. The van der Waals surface area contributed by atoms with Gasteiger partial charge in [-0.1, -0.05) is 0 Å². The summed E-state index contributed by atoms with van der Waals surface area (Å²) in [6.07, 6.45) is 1.35. The molecule has 2 heterocycles. The van der Waals surface area contributed by atoms with E-state index in [-0.39, 0.29) is 18.4 Å². The highest BCUT2D eigenvalue weighted by molar-refractivity contribution is 5.85. The lowest BCUT2D eigenvalue weighted by molar-refractivity contribution is -0.144. The van der Waals surface area contributed by atoms with Crippen LogP contribution in [0.15, 0.2) is 0 Å². The van der Waals surface area contributed by atoms with Crippen molar-refractivity contribution in [3.63, 3.8) is 0 Å². The molecule has 2 bridgehead atoms. The smallest absolute Gasteiger partial charge is 0.324 e. The first-order valence-corrected chi connectivity index (χ1v) is 3.83. The normalized spacial score (nSPS) is 44.1. The average molecular weight is 194 g/mol. The van der Waals surface area contributed by atoms with E-state index >= 15 is 0 Å². The number of carboxylic acid groups (broad SMARTS) is 1. The van der Waals surface area contributed by atoms with Crippen molar-refractivity contribution in [1.29, 1.82) is 0 Å². The van der Waals surface area contributed by atoms with E-state index in [1.54, 1.807) is 0 Å². The predicted octanol–water partition coefficient (Wildman–Crippen LogP) is -0.252. The van der Waals surface area contributed by atoms with E-state index in [2.05, 4.69) is 5.32 Å². The Balaban J connectivity index is 0.000000720. The highest BCUT2D eigenvalue weighted by Gasteiger charge is 2.54. The second-order valence-electron chi connectivity index (χ2n) is 3.45. The number of nitrogens with one attached hydrogen (secondary N) is 1. The molecule has 2 saturated heterocycles. The van der Waals surface area contributed by atoms with Crippen LogP contribution < -0.4 is 5.32 Å². The summed E-state index contributed by atoms with van der Waals surface area (Å²) in [5.74, 6) is -0.823. The van der Waals surface area contributed by atoms with Crippen molar-refractivity contribution >= 4 is 18.4 Å². The summed E-state index contributed by atoms with van der Waals surface area (Å²) < 4.78 is 0. The van der Waals surface area contributed by atoms with Gasteiger partial charge in [0.05, 0.1) is 6.10 Å². The third-order valence-corrected chi connectivity index (χ3v) is 2.78. The predicted molar refractivity (Wildman–Crippen MR) is 44.4 cm³/mol. The van der Waals surface area contributed by atoms with Gasteiger partial charge in [0.1, 0.15) is 5.54 Å². The Labute approximate surface area is 76.4 Å². The Kier molecular flexibility index (Phi) is 2.33. The monoisotopic (exact) mass is 193 g/mol. The molecule has 2 fully saturated rings. The van der Waals surface area contributed by atoms with E-state index in [1.165, 1.54) is 0 Å². The Bertz CT molecular complexity index is 207. The fourth-order valence-electron chi connectivity index (χ4n) is 2.11. The molecule has 12 heavy (non-hydrogen) atoms. The Morgan fingerprint density at radius 1 is 1.58 bits per heavy atom. The molecule has 0 spiro atoms. The van der Waals surface area contributed by atoms with Crippen molar-refractivity contribution in [3.05, 3.63) is 0 Å². The third kappa shape index (κ3) is 1.11. The first-order chi connectivity index (χ1) is 5.14. The molecule has 0 radical (unpaired) electrons. The van der Waals surface area contributed by atoms with Crippen LogP contribution in [0.4, 0.5) is 0 Å². The number of rotatable bonds is 1. The minimum absolute atomic E-state index is 0. The zero-order chi connectivity index (χ0) is 8.06. The number of aliphatic hydroxyl groups excluding tert-OH is 1. The van der Waals surface area contributed by atoms with Gasteiger partial charge in [-0.3, -0.25) is 10.1 Å². The molecule has 0 aromatic carbocycles. The van der Waals surface area contributed by atoms with Gasteiger partial charge < -0.3 is 10.2 Å². The molecule has 0 saturated carbocycles. The van der Waals surface area contributed by atoms with Crippen molar-refractivity contribution in [1.82, 2.24) is 5.32 Å². The number of carboxylic acids is 1. The van der Waals surface area contributed by atoms with Crippen molar-refractivity contribution in [3.8, 4) is 0 Å². The van der Waals surface area contributed by atoms with Crippen LogP contribution in [-0.4, -0.2) is 33.9 Å². The number of aliphatic carboxylic acids is 1. The maximum absolute atomic E-state index is 10.8. The van der Waals surface area contributed by atoms with E-state index in [0.29, 0.717) is 12.8 Å². The van der Waals surface area contributed by atoms with Gasteiger partial charge in [0.2, 0.25) is 0 Å². The van der Waals surface area contributed by atoms with Crippen molar-refractivity contribution in [2.75, 3.05) is 0 Å². The summed E-state index contributed by atoms with van der Waals surface area (Å²) in [5.41, 5.74) is -0.802. The van der Waals surface area contributed by atoms with Crippen molar-refractivity contribution < 1.29 is 15.0 Å². The summed E-state index contributed by atoms with van der Waals surface area (Å²) in [6, 6.07) is 0.0195. The van der Waals surface area contributed by atoms with Gasteiger partial charge in [0, 0.05) is 12.5 Å². The summed E-state index contributed by atoms with van der Waals surface area (Å²) in [4.78, 5) is 10.8. The van der Waals surface area contributed by atoms with Gasteiger partial charge in [0.25, 0.3) is 0 Å². The molecular formula is C7H12ClNO3. The van der Waals surface area contributed by atoms with Gasteiger partial charge >= 0.3 is 5.97 Å². The fourth-order valence-corrected chi connectivity index (χ4v) is 2.11. The van der Waals surface area contributed by atoms with Crippen LogP contribution in [0.5, 0.6) is 0 Å². The molecule has 2 rings (SSSR count). The lowest BCUT2D eigenvalue weighted by Gasteiger charge is -2.21. The van der Waals surface area contributed by atoms with E-state index < -0.39 is 17.6 Å². The van der Waals surface area contributed by atoms with Crippen LogP contribution in [0.2, 0.25) is 0 Å². The average Bonchev–Trinajstić information content (AvgIpc) is 2.44. The molecular weight excluding hydrogens is 182 g/mol. The molecule has 2 aliphatic heterocycles. The minimum Gasteiger partial charge on any atom is -0.480 e. The van der Waals surface area contributed by atoms with Crippen LogP contribution in [0, 0.1) is 0 Å². The van der Waals surface area contributed by atoms with E-state index in [0.717, 1.165) is 6.42 Å². The summed E-state index contributed by atoms with van der Waals surface area (Å²) in [5, 5.41) is 21.1. The van der Waals surface area contributed by atoms with Crippen molar-refractivity contribution in [2.45, 2.75) is 36.9 Å². The fraction of sp³-hybridized carbons (Fsp3) is 0.857. The largest absolute Gasteiger partial charge is 0.480 e. The molecule has 70 valence electrons. The second-order valence-corrected chi connectivity index (χ2v) is 3.45. The Hall–Kier alpha value is -0.320. The minimum atomic E-state index is -0.823. The first-order valence-electron chi connectivity index (χ1n) is 3.83. The van der Waals surface area contributed by atoms with Gasteiger partial charge in [0.15, 0.2) is 0 Å². The number of hydrogen-bond acceptors (Lipinski definition) is 3. The molecule has 3 atom stereocenters. The lowest BCUT2D eigenvalue weighted by atomic mass is 9.86. The summed E-state index contributed by atoms with van der Waals surface area (Å²) >= 11 is 0. The Morgan fingerprint density at radius 3 is 2.50 bits per heavy atom. The first kappa shape index (κ1) is 9.77. The van der Waals surface area contributed by atoms with Crippen LogP contribution in [0.1, 0.15) is 19.3 Å². The van der Waals surface area contributed by atoms with E-state index in [4.69, 9.17) is 5.11 Å².